The smallest absolute Gasteiger partial charge is 0.168 e. The largest absolute Gasteiger partial charge is 0.496 e. The molecule has 0 radical (unpaired) electrons. The van der Waals surface area contributed by atoms with Crippen LogP contribution in [0.25, 0.3) is 0 Å². The molecule has 0 amide bonds. The van der Waals surface area contributed by atoms with E-state index in [2.05, 4.69) is 0 Å². The molecule has 0 atom stereocenters. The predicted molar refractivity (Wildman–Crippen MR) is 72.1 cm³/mol. The number of methoxy groups -OCH3 is 1. The fourth-order valence-electron chi connectivity index (χ4n) is 2.71. The number of ketones is 1. The van der Waals surface area contributed by atoms with Crippen molar-refractivity contribution in [3.63, 3.8) is 0 Å². The van der Waals surface area contributed by atoms with Gasteiger partial charge in [0.1, 0.15) is 5.75 Å². The van der Waals surface area contributed by atoms with Gasteiger partial charge in [-0.2, -0.15) is 0 Å². The van der Waals surface area contributed by atoms with E-state index in [-0.39, 0.29) is 11.3 Å². The summed E-state index contributed by atoms with van der Waals surface area (Å²) in [5, 5.41) is 0. The summed E-state index contributed by atoms with van der Waals surface area (Å²) in [6.07, 6.45) is 4.59. The number of carbonyl (C=O) groups excluding carboxylic acids is 1. The van der Waals surface area contributed by atoms with E-state index >= 15 is 0 Å². The van der Waals surface area contributed by atoms with Crippen molar-refractivity contribution in [2.75, 3.05) is 7.11 Å². The van der Waals surface area contributed by atoms with E-state index in [1.54, 1.807) is 7.11 Å². The molecule has 2 rings (SSSR count). The summed E-state index contributed by atoms with van der Waals surface area (Å²) in [7, 11) is 1.59. The maximum atomic E-state index is 12.4. The van der Waals surface area contributed by atoms with Crippen LogP contribution in [0, 0.1) is 6.92 Å². The van der Waals surface area contributed by atoms with Crippen LogP contribution in [0.5, 0.6) is 5.75 Å². The van der Waals surface area contributed by atoms with Gasteiger partial charge in [-0.3, -0.25) is 4.79 Å². The molecular weight excluding hydrogens is 226 g/mol. The van der Waals surface area contributed by atoms with Gasteiger partial charge < -0.3 is 10.5 Å². The quantitative estimate of drug-likeness (QED) is 0.832. The summed E-state index contributed by atoms with van der Waals surface area (Å²) in [6, 6.07) is 5.68. The van der Waals surface area contributed by atoms with Crippen molar-refractivity contribution >= 4 is 5.78 Å². The van der Waals surface area contributed by atoms with Gasteiger partial charge in [-0.1, -0.05) is 24.5 Å². The van der Waals surface area contributed by atoms with Crippen molar-refractivity contribution in [3.8, 4) is 5.75 Å². The highest BCUT2D eigenvalue weighted by molar-refractivity contribution is 5.99. The first kappa shape index (κ1) is 13.1. The summed E-state index contributed by atoms with van der Waals surface area (Å²) in [6.45, 7) is 1.98. The number of hydrogen-bond donors (Lipinski definition) is 1. The Morgan fingerprint density at radius 2 is 2.06 bits per heavy atom. The summed E-state index contributed by atoms with van der Waals surface area (Å²) in [5.74, 6) is 0.743. The third-order valence-corrected chi connectivity index (χ3v) is 3.77. The molecule has 3 nitrogen and oxygen atoms in total. The lowest BCUT2D eigenvalue weighted by molar-refractivity contribution is 0.0949. The first-order chi connectivity index (χ1) is 8.54. The van der Waals surface area contributed by atoms with Gasteiger partial charge in [0.15, 0.2) is 5.78 Å². The van der Waals surface area contributed by atoms with Crippen LogP contribution in [-0.4, -0.2) is 18.4 Å². The molecule has 2 N–H and O–H groups in total. The first-order valence-electron chi connectivity index (χ1n) is 6.51. The molecule has 0 aliphatic heterocycles. The topological polar surface area (TPSA) is 52.3 Å². The average molecular weight is 247 g/mol. The Morgan fingerprint density at radius 1 is 1.39 bits per heavy atom. The zero-order chi connectivity index (χ0) is 13.2. The summed E-state index contributed by atoms with van der Waals surface area (Å²) in [5.41, 5.74) is 7.69. The van der Waals surface area contributed by atoms with E-state index in [0.29, 0.717) is 17.7 Å². The molecule has 98 valence electrons. The molecule has 0 heterocycles. The predicted octanol–water partition coefficient (Wildman–Crippen LogP) is 2.85. The number of nitrogens with two attached hydrogens (primary N) is 1. The second kappa shape index (κ2) is 5.11. The minimum atomic E-state index is -0.300. The molecule has 1 aliphatic rings. The Bertz CT molecular complexity index is 448. The van der Waals surface area contributed by atoms with E-state index in [4.69, 9.17) is 10.5 Å². The fourth-order valence-corrected chi connectivity index (χ4v) is 2.71. The normalized spacial score (nSPS) is 17.7. The lowest BCUT2D eigenvalue weighted by Crippen LogP contribution is -2.38. The minimum Gasteiger partial charge on any atom is -0.496 e. The van der Waals surface area contributed by atoms with Gasteiger partial charge >= 0.3 is 0 Å². The highest BCUT2D eigenvalue weighted by Crippen LogP contribution is 2.32. The molecule has 0 unspecified atom stereocenters. The zero-order valence-corrected chi connectivity index (χ0v) is 11.2. The minimum absolute atomic E-state index is 0.0972. The Balaban J connectivity index is 2.20. The van der Waals surface area contributed by atoms with Gasteiger partial charge in [-0.15, -0.1) is 0 Å². The van der Waals surface area contributed by atoms with Crippen LogP contribution < -0.4 is 10.5 Å². The van der Waals surface area contributed by atoms with Gasteiger partial charge in [-0.05, 0) is 31.9 Å². The summed E-state index contributed by atoms with van der Waals surface area (Å²) >= 11 is 0. The monoisotopic (exact) mass is 247 g/mol. The number of Topliss-reactive ketones (excluding diaryl/α,β-unsaturated/α-hetero) is 1. The fraction of sp³-hybridized carbons (Fsp3) is 0.533. The van der Waals surface area contributed by atoms with Crippen LogP contribution in [0.1, 0.15) is 48.0 Å². The van der Waals surface area contributed by atoms with Crippen molar-refractivity contribution in [2.24, 2.45) is 5.73 Å². The lowest BCUT2D eigenvalue weighted by Gasteiger charge is -2.22. The van der Waals surface area contributed by atoms with Gasteiger partial charge in [0, 0.05) is 12.0 Å². The third kappa shape index (κ3) is 2.72. The van der Waals surface area contributed by atoms with Crippen LogP contribution in [0.3, 0.4) is 0 Å². The lowest BCUT2D eigenvalue weighted by atomic mass is 9.89. The zero-order valence-electron chi connectivity index (χ0n) is 11.2. The Morgan fingerprint density at radius 3 is 2.67 bits per heavy atom. The molecule has 1 saturated carbocycles. The second-order valence-electron chi connectivity index (χ2n) is 5.37. The number of benzene rings is 1. The molecule has 0 saturated heterocycles. The highest BCUT2D eigenvalue weighted by Gasteiger charge is 2.32. The number of rotatable bonds is 4. The molecule has 18 heavy (non-hydrogen) atoms. The number of aryl methyl sites for hydroxylation is 1. The number of carbonyl (C=O) groups is 1. The van der Waals surface area contributed by atoms with Gasteiger partial charge in [0.05, 0.1) is 12.7 Å². The van der Waals surface area contributed by atoms with E-state index in [0.717, 1.165) is 31.2 Å². The molecule has 1 aromatic carbocycles. The van der Waals surface area contributed by atoms with Crippen LogP contribution in [0.4, 0.5) is 0 Å². The molecule has 0 bridgehead atoms. The molecule has 1 aromatic rings. The summed E-state index contributed by atoms with van der Waals surface area (Å²) < 4.78 is 5.26. The van der Waals surface area contributed by atoms with Crippen molar-refractivity contribution in [1.82, 2.24) is 0 Å². The Hall–Kier alpha value is -1.35. The maximum Gasteiger partial charge on any atom is 0.168 e. The highest BCUT2D eigenvalue weighted by atomic mass is 16.5. The van der Waals surface area contributed by atoms with Crippen LogP contribution in [0.15, 0.2) is 18.2 Å². The molecule has 1 fully saturated rings. The van der Waals surface area contributed by atoms with Crippen molar-refractivity contribution in [3.05, 3.63) is 29.3 Å². The molecule has 1 aliphatic carbocycles. The number of ether oxygens (including phenoxy) is 1. The van der Waals surface area contributed by atoms with E-state index in [1.165, 1.54) is 0 Å². The van der Waals surface area contributed by atoms with Crippen molar-refractivity contribution in [2.45, 2.75) is 44.6 Å². The molecule has 0 aromatic heterocycles. The van der Waals surface area contributed by atoms with Crippen LogP contribution in [0.2, 0.25) is 0 Å². The number of hydrogen-bond acceptors (Lipinski definition) is 3. The Labute approximate surface area is 108 Å². The standard InChI is InChI=1S/C15H21NO2/c1-11-5-6-14(18-2)12(9-11)13(17)10-15(16)7-3-4-8-15/h5-6,9H,3-4,7-8,10,16H2,1-2H3. The Kier molecular flexibility index (Phi) is 3.71. The molecular formula is C15H21NO2. The van der Waals surface area contributed by atoms with E-state index in [1.807, 2.05) is 25.1 Å². The van der Waals surface area contributed by atoms with Gasteiger partial charge in [0.25, 0.3) is 0 Å². The summed E-state index contributed by atoms with van der Waals surface area (Å²) in [4.78, 5) is 12.4. The third-order valence-electron chi connectivity index (χ3n) is 3.77. The van der Waals surface area contributed by atoms with Gasteiger partial charge in [0.2, 0.25) is 0 Å². The molecule has 3 heteroatoms. The first-order valence-corrected chi connectivity index (χ1v) is 6.51. The van der Waals surface area contributed by atoms with E-state index in [9.17, 15) is 4.79 Å². The molecule has 0 spiro atoms. The van der Waals surface area contributed by atoms with Gasteiger partial charge in [-0.25, -0.2) is 0 Å². The average Bonchev–Trinajstić information content (AvgIpc) is 2.75. The van der Waals surface area contributed by atoms with Crippen LogP contribution >= 0.6 is 0 Å². The van der Waals surface area contributed by atoms with Crippen molar-refractivity contribution < 1.29 is 9.53 Å². The SMILES string of the molecule is COc1ccc(C)cc1C(=O)CC1(N)CCCC1. The maximum absolute atomic E-state index is 12.4. The second-order valence-corrected chi connectivity index (χ2v) is 5.37. The van der Waals surface area contributed by atoms with Crippen LogP contribution in [-0.2, 0) is 0 Å². The van der Waals surface area contributed by atoms with Crippen molar-refractivity contribution in [1.29, 1.82) is 0 Å². The van der Waals surface area contributed by atoms with E-state index < -0.39 is 0 Å².